The van der Waals surface area contributed by atoms with Crippen LogP contribution >= 0.6 is 24.8 Å². The highest BCUT2D eigenvalue weighted by atomic mass is 35.5. The zero-order valence-electron chi connectivity index (χ0n) is 13.5. The summed E-state index contributed by atoms with van der Waals surface area (Å²) in [6.07, 6.45) is 0. The van der Waals surface area contributed by atoms with Crippen molar-refractivity contribution < 1.29 is 13.2 Å². The number of hydrogen-bond acceptors (Lipinski definition) is 5. The number of likely N-dealkylation sites (N-methyl/N-ethyl adjacent to an activating group) is 1. The molecule has 1 heterocycles. The summed E-state index contributed by atoms with van der Waals surface area (Å²) >= 11 is 0. The Balaban J connectivity index is 0.00000264. The number of nitrogens with one attached hydrogen (secondary N) is 1. The smallest absolute Gasteiger partial charge is 0.243 e. The van der Waals surface area contributed by atoms with E-state index in [0.717, 1.165) is 0 Å². The van der Waals surface area contributed by atoms with Gasteiger partial charge in [0.2, 0.25) is 15.9 Å². The lowest BCUT2D eigenvalue weighted by Gasteiger charge is -2.32. The Bertz CT molecular complexity index is 635. The summed E-state index contributed by atoms with van der Waals surface area (Å²) in [6.45, 7) is 2.41. The largest absolute Gasteiger partial charge is 0.351 e. The van der Waals surface area contributed by atoms with E-state index in [2.05, 4.69) is 10.2 Å². The molecule has 7 nitrogen and oxygen atoms in total. The van der Waals surface area contributed by atoms with Crippen LogP contribution in [0.4, 0.5) is 0 Å². The highest BCUT2D eigenvalue weighted by Gasteiger charge is 2.29. The van der Waals surface area contributed by atoms with Crippen LogP contribution in [0.2, 0.25) is 0 Å². The van der Waals surface area contributed by atoms with Crippen LogP contribution in [0.3, 0.4) is 0 Å². The Morgan fingerprint density at radius 2 is 1.75 bits per heavy atom. The van der Waals surface area contributed by atoms with Gasteiger partial charge < -0.3 is 16.0 Å². The summed E-state index contributed by atoms with van der Waals surface area (Å²) in [6, 6.07) is 6.74. The molecule has 0 unspecified atom stereocenters. The molecular formula is C14H24Cl2N4O3S. The van der Waals surface area contributed by atoms with Crippen molar-refractivity contribution in [1.82, 2.24) is 14.5 Å². The minimum Gasteiger partial charge on any atom is -0.351 e. The quantitative estimate of drug-likeness (QED) is 0.729. The summed E-state index contributed by atoms with van der Waals surface area (Å²) in [4.78, 5) is 13.6. The second-order valence-electron chi connectivity index (χ2n) is 5.30. The second kappa shape index (κ2) is 10.2. The number of piperazine rings is 1. The summed E-state index contributed by atoms with van der Waals surface area (Å²) in [5.41, 5.74) is 5.82. The molecule has 1 aromatic carbocycles. The molecule has 0 aliphatic carbocycles. The zero-order valence-corrected chi connectivity index (χ0v) is 15.9. The van der Waals surface area contributed by atoms with Gasteiger partial charge in [-0.1, -0.05) is 18.2 Å². The number of carbonyl (C=O) groups is 1. The molecule has 0 bridgehead atoms. The minimum absolute atomic E-state index is 0. The SMILES string of the molecule is CN1CCN(S(=O)(=O)c2ccccc2CNC(=O)CN)CC1.Cl.Cl. The molecule has 1 aliphatic heterocycles. The predicted octanol–water partition coefficient (Wildman–Crippen LogP) is 0.0412. The lowest BCUT2D eigenvalue weighted by molar-refractivity contribution is -0.119. The highest BCUT2D eigenvalue weighted by molar-refractivity contribution is 7.89. The Morgan fingerprint density at radius 3 is 2.33 bits per heavy atom. The van der Waals surface area contributed by atoms with E-state index in [9.17, 15) is 13.2 Å². The molecule has 0 radical (unpaired) electrons. The highest BCUT2D eigenvalue weighted by Crippen LogP contribution is 2.21. The molecule has 10 heteroatoms. The second-order valence-corrected chi connectivity index (χ2v) is 7.20. The van der Waals surface area contributed by atoms with Crippen LogP contribution in [0.25, 0.3) is 0 Å². The van der Waals surface area contributed by atoms with Crippen molar-refractivity contribution in [3.63, 3.8) is 0 Å². The van der Waals surface area contributed by atoms with Gasteiger partial charge >= 0.3 is 0 Å². The number of sulfonamides is 1. The fourth-order valence-corrected chi connectivity index (χ4v) is 3.98. The van der Waals surface area contributed by atoms with Gasteiger partial charge in [-0.25, -0.2) is 8.42 Å². The molecule has 2 rings (SSSR count). The van der Waals surface area contributed by atoms with Crippen LogP contribution in [-0.4, -0.2) is 63.3 Å². The van der Waals surface area contributed by atoms with E-state index in [1.54, 1.807) is 24.3 Å². The number of nitrogens with two attached hydrogens (primary N) is 1. The summed E-state index contributed by atoms with van der Waals surface area (Å²) in [7, 11) is -1.57. The van der Waals surface area contributed by atoms with Gasteiger partial charge in [-0.05, 0) is 18.7 Å². The van der Waals surface area contributed by atoms with Crippen LogP contribution in [0.15, 0.2) is 29.2 Å². The van der Waals surface area contributed by atoms with Crippen molar-refractivity contribution >= 4 is 40.7 Å². The van der Waals surface area contributed by atoms with Crippen LogP contribution < -0.4 is 11.1 Å². The van der Waals surface area contributed by atoms with E-state index in [4.69, 9.17) is 5.73 Å². The number of benzene rings is 1. The van der Waals surface area contributed by atoms with E-state index < -0.39 is 10.0 Å². The first-order valence-corrected chi connectivity index (χ1v) is 8.62. The Kier molecular flexibility index (Phi) is 9.79. The fourth-order valence-electron chi connectivity index (χ4n) is 2.34. The first kappa shape index (κ1) is 23.1. The van der Waals surface area contributed by atoms with Crippen molar-refractivity contribution in [3.8, 4) is 0 Å². The van der Waals surface area contributed by atoms with E-state index in [-0.39, 0.29) is 48.7 Å². The van der Waals surface area contributed by atoms with E-state index >= 15 is 0 Å². The van der Waals surface area contributed by atoms with Gasteiger partial charge in [-0.2, -0.15) is 4.31 Å². The summed E-state index contributed by atoms with van der Waals surface area (Å²) < 4.78 is 27.1. The molecule has 1 aromatic rings. The van der Waals surface area contributed by atoms with E-state index in [0.29, 0.717) is 31.7 Å². The molecule has 0 atom stereocenters. The van der Waals surface area contributed by atoms with Gasteiger partial charge in [-0.15, -0.1) is 24.8 Å². The lowest BCUT2D eigenvalue weighted by Crippen LogP contribution is -2.47. The van der Waals surface area contributed by atoms with Gasteiger partial charge in [0, 0.05) is 32.7 Å². The first-order chi connectivity index (χ1) is 10.4. The van der Waals surface area contributed by atoms with Gasteiger partial charge in [-0.3, -0.25) is 4.79 Å². The van der Waals surface area contributed by atoms with Crippen molar-refractivity contribution in [2.45, 2.75) is 11.4 Å². The number of nitrogens with zero attached hydrogens (tertiary/aromatic N) is 2. The van der Waals surface area contributed by atoms with Crippen molar-refractivity contribution in [2.75, 3.05) is 39.8 Å². The maximum atomic E-state index is 12.8. The Labute approximate surface area is 155 Å². The molecule has 1 saturated heterocycles. The molecule has 0 aromatic heterocycles. The van der Waals surface area contributed by atoms with Gasteiger partial charge in [0.25, 0.3) is 0 Å². The van der Waals surface area contributed by atoms with Crippen LogP contribution in [-0.2, 0) is 21.4 Å². The molecule has 3 N–H and O–H groups in total. The van der Waals surface area contributed by atoms with Gasteiger partial charge in [0.05, 0.1) is 11.4 Å². The lowest BCUT2D eigenvalue weighted by atomic mass is 10.2. The number of hydrogen-bond donors (Lipinski definition) is 2. The van der Waals surface area contributed by atoms with Gasteiger partial charge in [0.1, 0.15) is 0 Å². The zero-order chi connectivity index (χ0) is 16.2. The molecule has 138 valence electrons. The van der Waals surface area contributed by atoms with Gasteiger partial charge in [0.15, 0.2) is 0 Å². The third kappa shape index (κ3) is 5.58. The minimum atomic E-state index is -3.55. The predicted molar refractivity (Wildman–Crippen MR) is 98.1 cm³/mol. The number of rotatable bonds is 5. The van der Waals surface area contributed by atoms with Crippen LogP contribution in [0.1, 0.15) is 5.56 Å². The summed E-state index contributed by atoms with van der Waals surface area (Å²) in [5.74, 6) is -0.313. The Hall–Kier alpha value is -0.900. The maximum Gasteiger partial charge on any atom is 0.243 e. The molecule has 0 saturated carbocycles. The third-order valence-electron chi connectivity index (χ3n) is 3.71. The topological polar surface area (TPSA) is 95.7 Å². The van der Waals surface area contributed by atoms with E-state index in [1.807, 2.05) is 7.05 Å². The fraction of sp³-hybridized carbons (Fsp3) is 0.500. The normalized spacial score (nSPS) is 15.9. The standard InChI is InChI=1S/C14H22N4O3S.2ClH/c1-17-6-8-18(9-7-17)22(20,21)13-5-3-2-4-12(13)11-16-14(19)10-15;;/h2-5H,6-11,15H2,1H3,(H,16,19);2*1H. The third-order valence-corrected chi connectivity index (χ3v) is 5.71. The van der Waals surface area contributed by atoms with Crippen molar-refractivity contribution in [3.05, 3.63) is 29.8 Å². The molecule has 1 aliphatic rings. The molecular weight excluding hydrogens is 375 g/mol. The molecule has 1 fully saturated rings. The average Bonchev–Trinajstić information content (AvgIpc) is 2.53. The van der Waals surface area contributed by atoms with Crippen molar-refractivity contribution in [1.29, 1.82) is 0 Å². The van der Waals surface area contributed by atoms with E-state index in [1.165, 1.54) is 4.31 Å². The Morgan fingerprint density at radius 1 is 1.17 bits per heavy atom. The molecule has 1 amide bonds. The maximum absolute atomic E-state index is 12.8. The number of carbonyl (C=O) groups excluding carboxylic acids is 1. The molecule has 0 spiro atoms. The first-order valence-electron chi connectivity index (χ1n) is 7.18. The monoisotopic (exact) mass is 398 g/mol. The number of halogens is 2. The van der Waals surface area contributed by atoms with Crippen LogP contribution in [0, 0.1) is 0 Å². The summed E-state index contributed by atoms with van der Waals surface area (Å²) in [5, 5.41) is 2.62. The number of amides is 1. The van der Waals surface area contributed by atoms with Crippen LogP contribution in [0.5, 0.6) is 0 Å². The molecule has 24 heavy (non-hydrogen) atoms. The van der Waals surface area contributed by atoms with Crippen molar-refractivity contribution in [2.24, 2.45) is 5.73 Å². The average molecular weight is 399 g/mol.